The molecular weight excluding hydrogens is 286 g/mol. The van der Waals surface area contributed by atoms with Gasteiger partial charge in [-0.2, -0.15) is 0 Å². The third-order valence-electron chi connectivity index (χ3n) is 2.96. The average Bonchev–Trinajstić information content (AvgIpc) is 2.49. The number of hydrogen-bond acceptors (Lipinski definition) is 6. The van der Waals surface area contributed by atoms with Crippen LogP contribution in [0.3, 0.4) is 0 Å². The molecule has 2 rings (SSSR count). The molecule has 1 aliphatic heterocycles. The van der Waals surface area contributed by atoms with E-state index < -0.39 is 5.97 Å². The van der Waals surface area contributed by atoms with Crippen LogP contribution in [0.1, 0.15) is 33.5 Å². The number of rotatable bonds is 4. The lowest BCUT2D eigenvalue weighted by molar-refractivity contribution is -0.142. The SMILES string of the molecule is CC.CCOC(=O)Cc1nc(N2CCOC(C)C2)cc(=O)[nH]1. The van der Waals surface area contributed by atoms with Gasteiger partial charge < -0.3 is 19.4 Å². The van der Waals surface area contributed by atoms with Gasteiger partial charge in [-0.15, -0.1) is 0 Å². The van der Waals surface area contributed by atoms with Crippen LogP contribution in [-0.4, -0.2) is 48.3 Å². The third kappa shape index (κ3) is 5.48. The summed E-state index contributed by atoms with van der Waals surface area (Å²) in [5, 5.41) is 0. The van der Waals surface area contributed by atoms with Crippen LogP contribution >= 0.6 is 0 Å². The van der Waals surface area contributed by atoms with Crippen LogP contribution in [0.15, 0.2) is 10.9 Å². The van der Waals surface area contributed by atoms with Crippen LogP contribution in [0, 0.1) is 0 Å². The zero-order chi connectivity index (χ0) is 16.5. The lowest BCUT2D eigenvalue weighted by Crippen LogP contribution is -2.42. The Labute approximate surface area is 130 Å². The fourth-order valence-electron chi connectivity index (χ4n) is 2.12. The maximum atomic E-state index is 11.7. The van der Waals surface area contributed by atoms with Gasteiger partial charge >= 0.3 is 5.97 Å². The lowest BCUT2D eigenvalue weighted by Gasteiger charge is -2.31. The Hall–Kier alpha value is -1.89. The van der Waals surface area contributed by atoms with E-state index in [1.165, 1.54) is 6.07 Å². The maximum Gasteiger partial charge on any atom is 0.313 e. The van der Waals surface area contributed by atoms with Crippen molar-refractivity contribution in [3.8, 4) is 0 Å². The van der Waals surface area contributed by atoms with Crippen LogP contribution < -0.4 is 10.5 Å². The van der Waals surface area contributed by atoms with Gasteiger partial charge in [0.1, 0.15) is 18.1 Å². The maximum absolute atomic E-state index is 11.7. The first-order chi connectivity index (χ1) is 10.6. The van der Waals surface area contributed by atoms with E-state index in [4.69, 9.17) is 9.47 Å². The summed E-state index contributed by atoms with van der Waals surface area (Å²) < 4.78 is 10.3. The number of H-pyrrole nitrogens is 1. The third-order valence-corrected chi connectivity index (χ3v) is 2.96. The minimum absolute atomic E-state index is 0.0309. The molecule has 1 unspecified atom stereocenters. The van der Waals surface area contributed by atoms with Crippen LogP contribution in [0.25, 0.3) is 0 Å². The van der Waals surface area contributed by atoms with Gasteiger partial charge in [0.25, 0.3) is 5.56 Å². The van der Waals surface area contributed by atoms with Crippen LogP contribution in [0.5, 0.6) is 0 Å². The first-order valence-electron chi connectivity index (χ1n) is 7.71. The van der Waals surface area contributed by atoms with Gasteiger partial charge in [-0.1, -0.05) is 13.8 Å². The predicted octanol–water partition coefficient (Wildman–Crippen LogP) is 1.13. The number of anilines is 1. The minimum atomic E-state index is -0.400. The molecule has 0 aromatic carbocycles. The fourth-order valence-corrected chi connectivity index (χ4v) is 2.12. The zero-order valence-corrected chi connectivity index (χ0v) is 13.7. The first-order valence-corrected chi connectivity index (χ1v) is 7.71. The summed E-state index contributed by atoms with van der Waals surface area (Å²) in [6, 6.07) is 1.44. The number of esters is 1. The molecule has 1 aromatic heterocycles. The first kappa shape index (κ1) is 18.2. The molecule has 0 saturated carbocycles. The molecule has 1 atom stereocenters. The van der Waals surface area contributed by atoms with E-state index in [2.05, 4.69) is 9.97 Å². The van der Waals surface area contributed by atoms with Gasteiger partial charge in [-0.05, 0) is 13.8 Å². The number of morpholine rings is 1. The number of aromatic nitrogens is 2. The smallest absolute Gasteiger partial charge is 0.313 e. The average molecular weight is 311 g/mol. The second kappa shape index (κ2) is 9.19. The van der Waals surface area contributed by atoms with E-state index >= 15 is 0 Å². The van der Waals surface area contributed by atoms with Gasteiger partial charge in [-0.25, -0.2) is 4.98 Å². The van der Waals surface area contributed by atoms with Gasteiger partial charge in [-0.3, -0.25) is 9.59 Å². The summed E-state index contributed by atoms with van der Waals surface area (Å²) in [6.07, 6.45) is 0.0648. The normalized spacial score (nSPS) is 17.5. The Morgan fingerprint density at radius 3 is 2.91 bits per heavy atom. The molecule has 7 heteroatoms. The molecule has 1 fully saturated rings. The number of hydrogen-bond donors (Lipinski definition) is 1. The Kier molecular flexibility index (Phi) is 7.59. The summed E-state index contributed by atoms with van der Waals surface area (Å²) in [7, 11) is 0. The Bertz CT molecular complexity index is 530. The van der Waals surface area contributed by atoms with Crippen LogP contribution in [-0.2, 0) is 20.7 Å². The summed E-state index contributed by atoms with van der Waals surface area (Å²) in [5.41, 5.74) is -0.270. The van der Waals surface area contributed by atoms with Crippen molar-refractivity contribution >= 4 is 11.8 Å². The largest absolute Gasteiger partial charge is 0.466 e. The number of carbonyl (C=O) groups is 1. The molecule has 7 nitrogen and oxygen atoms in total. The van der Waals surface area contributed by atoms with Gasteiger partial charge in [0.2, 0.25) is 0 Å². The van der Waals surface area contributed by atoms with Crippen molar-refractivity contribution in [1.29, 1.82) is 0 Å². The standard InChI is InChI=1S/C13H19N3O4.C2H6/c1-3-19-13(18)6-10-14-11(7-12(17)15-10)16-4-5-20-9(2)8-16;1-2/h7,9H,3-6,8H2,1-2H3,(H,14,15,17);1-2H3. The second-order valence-electron chi connectivity index (χ2n) is 4.66. The van der Waals surface area contributed by atoms with E-state index in [9.17, 15) is 9.59 Å². The number of ether oxygens (including phenoxy) is 2. The molecular formula is C15H25N3O4. The zero-order valence-electron chi connectivity index (χ0n) is 13.7. The van der Waals surface area contributed by atoms with Gasteiger partial charge in [0.15, 0.2) is 0 Å². The van der Waals surface area contributed by atoms with Crippen molar-refractivity contribution in [2.45, 2.75) is 40.2 Å². The summed E-state index contributed by atoms with van der Waals surface area (Å²) >= 11 is 0. The molecule has 0 radical (unpaired) electrons. The quantitative estimate of drug-likeness (QED) is 0.839. The molecule has 1 aromatic rings. The van der Waals surface area contributed by atoms with Crippen molar-refractivity contribution in [1.82, 2.24) is 9.97 Å². The lowest BCUT2D eigenvalue weighted by atomic mass is 10.3. The minimum Gasteiger partial charge on any atom is -0.466 e. The van der Waals surface area contributed by atoms with Crippen molar-refractivity contribution in [3.05, 3.63) is 22.2 Å². The number of nitrogens with zero attached hydrogens (tertiary/aromatic N) is 2. The van der Waals surface area contributed by atoms with Crippen LogP contribution in [0.2, 0.25) is 0 Å². The molecule has 1 saturated heterocycles. The summed E-state index contributed by atoms with van der Waals surface area (Å²) in [5.74, 6) is 0.497. The highest BCUT2D eigenvalue weighted by molar-refractivity contribution is 5.71. The summed E-state index contributed by atoms with van der Waals surface area (Å²) in [4.78, 5) is 32.0. The summed E-state index contributed by atoms with van der Waals surface area (Å²) in [6.45, 7) is 9.97. The molecule has 0 aliphatic carbocycles. The Balaban J connectivity index is 0.00000116. The monoisotopic (exact) mass is 311 g/mol. The number of nitrogens with one attached hydrogen (secondary N) is 1. The van der Waals surface area contributed by atoms with E-state index in [0.29, 0.717) is 37.9 Å². The molecule has 124 valence electrons. The van der Waals surface area contributed by atoms with Crippen molar-refractivity contribution in [2.24, 2.45) is 0 Å². The van der Waals surface area contributed by atoms with Crippen LogP contribution in [0.4, 0.5) is 5.82 Å². The highest BCUT2D eigenvalue weighted by Gasteiger charge is 2.19. The second-order valence-corrected chi connectivity index (χ2v) is 4.66. The molecule has 1 N–H and O–H groups in total. The van der Waals surface area contributed by atoms with E-state index in [1.807, 2.05) is 25.7 Å². The molecule has 0 amide bonds. The number of aromatic amines is 1. The highest BCUT2D eigenvalue weighted by atomic mass is 16.5. The molecule has 22 heavy (non-hydrogen) atoms. The molecule has 2 heterocycles. The molecule has 0 spiro atoms. The number of carbonyl (C=O) groups excluding carboxylic acids is 1. The predicted molar refractivity (Wildman–Crippen MR) is 84.2 cm³/mol. The van der Waals surface area contributed by atoms with Crippen molar-refractivity contribution in [3.63, 3.8) is 0 Å². The van der Waals surface area contributed by atoms with E-state index in [0.717, 1.165) is 0 Å². The van der Waals surface area contributed by atoms with Gasteiger partial charge in [0, 0.05) is 19.2 Å². The highest BCUT2D eigenvalue weighted by Crippen LogP contribution is 2.13. The molecule has 0 bridgehead atoms. The molecule has 1 aliphatic rings. The van der Waals surface area contributed by atoms with E-state index in [-0.39, 0.29) is 18.1 Å². The van der Waals surface area contributed by atoms with Crippen molar-refractivity contribution in [2.75, 3.05) is 31.2 Å². The fraction of sp³-hybridized carbons (Fsp3) is 0.667. The Morgan fingerprint density at radius 1 is 1.55 bits per heavy atom. The topological polar surface area (TPSA) is 84.5 Å². The van der Waals surface area contributed by atoms with Gasteiger partial charge in [0.05, 0.1) is 19.3 Å². The van der Waals surface area contributed by atoms with E-state index in [1.54, 1.807) is 6.92 Å². The Morgan fingerprint density at radius 2 is 2.27 bits per heavy atom. The van der Waals surface area contributed by atoms with Crippen molar-refractivity contribution < 1.29 is 14.3 Å².